The van der Waals surface area contributed by atoms with Crippen LogP contribution in [0, 0.1) is 10.1 Å². The topological polar surface area (TPSA) is 81.5 Å². The van der Waals surface area contributed by atoms with Crippen LogP contribution in [0.1, 0.15) is 12.5 Å². The van der Waals surface area contributed by atoms with E-state index in [2.05, 4.69) is 5.32 Å². The number of nitrogens with zero attached hydrogens (tertiary/aromatic N) is 1. The van der Waals surface area contributed by atoms with Crippen LogP contribution in [0.2, 0.25) is 0 Å². The zero-order valence-corrected chi connectivity index (χ0v) is 12.1. The molecule has 0 aliphatic heterocycles. The minimum atomic E-state index is -0.498. The molecule has 6 nitrogen and oxygen atoms in total. The molecule has 2 aromatic carbocycles. The van der Waals surface area contributed by atoms with Crippen LogP contribution in [0.3, 0.4) is 0 Å². The normalized spacial score (nSPS) is 10.0. The Labute approximate surface area is 127 Å². The number of hydrogen-bond donors (Lipinski definition) is 1. The van der Waals surface area contributed by atoms with Crippen molar-refractivity contribution >= 4 is 17.3 Å². The number of nitrogens with one attached hydrogen (secondary N) is 1. The fraction of sp³-hybridized carbons (Fsp3) is 0.188. The van der Waals surface area contributed by atoms with Gasteiger partial charge in [0.05, 0.1) is 18.0 Å². The number of non-ortho nitro benzene ring substituents is 1. The molecular formula is C16H16N2O4. The van der Waals surface area contributed by atoms with E-state index >= 15 is 0 Å². The van der Waals surface area contributed by atoms with Crippen LogP contribution >= 0.6 is 0 Å². The molecule has 0 aromatic heterocycles. The number of carbonyl (C=O) groups is 1. The van der Waals surface area contributed by atoms with Crippen LogP contribution in [0.25, 0.3) is 0 Å². The highest BCUT2D eigenvalue weighted by Crippen LogP contribution is 2.18. The lowest BCUT2D eigenvalue weighted by Gasteiger charge is -2.06. The van der Waals surface area contributed by atoms with Crippen molar-refractivity contribution in [2.24, 2.45) is 0 Å². The van der Waals surface area contributed by atoms with Crippen molar-refractivity contribution in [3.63, 3.8) is 0 Å². The molecule has 0 aliphatic rings. The summed E-state index contributed by atoms with van der Waals surface area (Å²) >= 11 is 0. The Morgan fingerprint density at radius 3 is 2.59 bits per heavy atom. The molecule has 0 fully saturated rings. The van der Waals surface area contributed by atoms with Crippen molar-refractivity contribution in [2.75, 3.05) is 11.9 Å². The third-order valence-corrected chi connectivity index (χ3v) is 2.94. The number of rotatable bonds is 6. The zero-order valence-electron chi connectivity index (χ0n) is 12.1. The Morgan fingerprint density at radius 2 is 1.95 bits per heavy atom. The Morgan fingerprint density at radius 1 is 1.23 bits per heavy atom. The summed E-state index contributed by atoms with van der Waals surface area (Å²) in [6.45, 7) is 2.49. The standard InChI is InChI=1S/C16H16N2O4/c1-2-22-15-8-6-12(7-9-15)10-16(19)17-13-4-3-5-14(11-13)18(20)21/h3-9,11H,2,10H2,1H3,(H,17,19). The van der Waals surface area contributed by atoms with Crippen LogP contribution in [-0.4, -0.2) is 17.4 Å². The number of nitro groups is 1. The minimum absolute atomic E-state index is 0.0566. The summed E-state index contributed by atoms with van der Waals surface area (Å²) in [5.74, 6) is 0.523. The van der Waals surface area contributed by atoms with Gasteiger partial charge in [0.2, 0.25) is 5.91 Å². The molecule has 2 rings (SSSR count). The molecule has 1 amide bonds. The van der Waals surface area contributed by atoms with Gasteiger partial charge in [0, 0.05) is 17.8 Å². The molecule has 114 valence electrons. The van der Waals surface area contributed by atoms with Crippen molar-refractivity contribution in [3.8, 4) is 5.75 Å². The van der Waals surface area contributed by atoms with E-state index in [9.17, 15) is 14.9 Å². The molecule has 2 aromatic rings. The van der Waals surface area contributed by atoms with Crippen LogP contribution in [-0.2, 0) is 11.2 Å². The number of nitro benzene ring substituents is 1. The molecule has 0 unspecified atom stereocenters. The predicted octanol–water partition coefficient (Wildman–Crippen LogP) is 3.17. The molecule has 0 spiro atoms. The maximum Gasteiger partial charge on any atom is 0.271 e. The maximum atomic E-state index is 12.0. The van der Waals surface area contributed by atoms with Crippen LogP contribution in [0.5, 0.6) is 5.75 Å². The molecule has 0 bridgehead atoms. The summed E-state index contributed by atoms with van der Waals surface area (Å²) in [6, 6.07) is 13.1. The van der Waals surface area contributed by atoms with Gasteiger partial charge in [-0.2, -0.15) is 0 Å². The predicted molar refractivity (Wildman–Crippen MR) is 83.0 cm³/mol. The zero-order chi connectivity index (χ0) is 15.9. The van der Waals surface area contributed by atoms with E-state index in [0.29, 0.717) is 12.3 Å². The highest BCUT2D eigenvalue weighted by Gasteiger charge is 2.09. The quantitative estimate of drug-likeness (QED) is 0.656. The van der Waals surface area contributed by atoms with Gasteiger partial charge in [0.25, 0.3) is 5.69 Å². The molecule has 1 N–H and O–H groups in total. The highest BCUT2D eigenvalue weighted by atomic mass is 16.6. The number of anilines is 1. The molecule has 0 radical (unpaired) electrons. The van der Waals surface area contributed by atoms with Crippen molar-refractivity contribution < 1.29 is 14.5 Å². The van der Waals surface area contributed by atoms with Gasteiger partial charge in [-0.3, -0.25) is 14.9 Å². The minimum Gasteiger partial charge on any atom is -0.494 e. The first kappa shape index (κ1) is 15.5. The Bertz CT molecular complexity index is 668. The van der Waals surface area contributed by atoms with Crippen molar-refractivity contribution in [1.29, 1.82) is 0 Å². The Kier molecular flexibility index (Phi) is 5.08. The summed E-state index contributed by atoms with van der Waals surface area (Å²) in [7, 11) is 0. The Hall–Kier alpha value is -2.89. The number of ether oxygens (including phenoxy) is 1. The third-order valence-electron chi connectivity index (χ3n) is 2.94. The second-order valence-corrected chi connectivity index (χ2v) is 4.61. The molecular weight excluding hydrogens is 284 g/mol. The summed E-state index contributed by atoms with van der Waals surface area (Å²) < 4.78 is 5.33. The van der Waals surface area contributed by atoms with E-state index in [0.717, 1.165) is 11.3 Å². The lowest BCUT2D eigenvalue weighted by atomic mass is 10.1. The average Bonchev–Trinajstić information content (AvgIpc) is 2.49. The van der Waals surface area contributed by atoms with Gasteiger partial charge in [0.1, 0.15) is 5.75 Å². The van der Waals surface area contributed by atoms with E-state index in [1.807, 2.05) is 19.1 Å². The molecule has 0 saturated carbocycles. The summed E-state index contributed by atoms with van der Waals surface area (Å²) in [5, 5.41) is 13.3. The molecule has 6 heteroatoms. The van der Waals surface area contributed by atoms with Crippen molar-refractivity contribution in [3.05, 3.63) is 64.2 Å². The second-order valence-electron chi connectivity index (χ2n) is 4.61. The largest absolute Gasteiger partial charge is 0.494 e. The number of carbonyl (C=O) groups excluding carboxylic acids is 1. The fourth-order valence-electron chi connectivity index (χ4n) is 1.96. The van der Waals surface area contributed by atoms with E-state index in [1.165, 1.54) is 18.2 Å². The highest BCUT2D eigenvalue weighted by molar-refractivity contribution is 5.92. The first-order valence-electron chi connectivity index (χ1n) is 6.84. The third kappa shape index (κ3) is 4.31. The fourth-order valence-corrected chi connectivity index (χ4v) is 1.96. The Balaban J connectivity index is 1.97. The number of amides is 1. The number of benzene rings is 2. The maximum absolute atomic E-state index is 12.0. The average molecular weight is 300 g/mol. The lowest BCUT2D eigenvalue weighted by Crippen LogP contribution is -2.14. The van der Waals surface area contributed by atoms with E-state index in [4.69, 9.17) is 4.74 Å². The molecule has 0 saturated heterocycles. The van der Waals surface area contributed by atoms with Gasteiger partial charge in [-0.05, 0) is 30.7 Å². The van der Waals surface area contributed by atoms with Crippen LogP contribution < -0.4 is 10.1 Å². The summed E-state index contributed by atoms with van der Waals surface area (Å²) in [4.78, 5) is 22.2. The second kappa shape index (κ2) is 7.21. The van der Waals surface area contributed by atoms with E-state index in [-0.39, 0.29) is 18.0 Å². The summed E-state index contributed by atoms with van der Waals surface area (Å²) in [5.41, 5.74) is 1.19. The van der Waals surface area contributed by atoms with Gasteiger partial charge >= 0.3 is 0 Å². The SMILES string of the molecule is CCOc1ccc(CC(=O)Nc2cccc([N+](=O)[O-])c2)cc1. The lowest BCUT2D eigenvalue weighted by molar-refractivity contribution is -0.384. The smallest absolute Gasteiger partial charge is 0.271 e. The van der Waals surface area contributed by atoms with Gasteiger partial charge in [-0.25, -0.2) is 0 Å². The first-order valence-corrected chi connectivity index (χ1v) is 6.84. The van der Waals surface area contributed by atoms with Gasteiger partial charge in [-0.15, -0.1) is 0 Å². The molecule has 22 heavy (non-hydrogen) atoms. The van der Waals surface area contributed by atoms with Crippen molar-refractivity contribution in [1.82, 2.24) is 0 Å². The monoisotopic (exact) mass is 300 g/mol. The van der Waals surface area contributed by atoms with Crippen LogP contribution in [0.4, 0.5) is 11.4 Å². The molecule has 0 heterocycles. The molecule has 0 atom stereocenters. The van der Waals surface area contributed by atoms with Gasteiger partial charge in [0.15, 0.2) is 0 Å². The van der Waals surface area contributed by atoms with E-state index in [1.54, 1.807) is 18.2 Å². The van der Waals surface area contributed by atoms with Gasteiger partial charge in [-0.1, -0.05) is 18.2 Å². The number of hydrogen-bond acceptors (Lipinski definition) is 4. The van der Waals surface area contributed by atoms with Crippen molar-refractivity contribution in [2.45, 2.75) is 13.3 Å². The molecule has 0 aliphatic carbocycles. The van der Waals surface area contributed by atoms with E-state index < -0.39 is 4.92 Å². The summed E-state index contributed by atoms with van der Waals surface area (Å²) in [6.07, 6.45) is 0.190. The van der Waals surface area contributed by atoms with Gasteiger partial charge < -0.3 is 10.1 Å². The van der Waals surface area contributed by atoms with Crippen LogP contribution in [0.15, 0.2) is 48.5 Å². The first-order chi connectivity index (χ1) is 10.6.